The van der Waals surface area contributed by atoms with E-state index in [1.54, 1.807) is 0 Å². The monoisotopic (exact) mass is 268 g/mol. The minimum atomic E-state index is -0.140. The molecule has 0 aliphatic rings. The van der Waals surface area contributed by atoms with Crippen molar-refractivity contribution >= 4 is 27.6 Å². The Morgan fingerprint density at radius 3 is 2.85 bits per heavy atom. The molecule has 3 N–H and O–H groups in total. The summed E-state index contributed by atoms with van der Waals surface area (Å²) in [6.45, 7) is 0.559. The minimum absolute atomic E-state index is 0.0810. The molecule has 0 aliphatic carbocycles. The zero-order valence-electron chi connectivity index (χ0n) is 11.0. The second-order valence-electron chi connectivity index (χ2n) is 4.76. The number of rotatable bonds is 4. The third kappa shape index (κ3) is 2.26. The number of aliphatic hydroxyl groups excluding tert-OH is 1. The Balaban J connectivity index is 1.98. The van der Waals surface area contributed by atoms with E-state index in [1.165, 1.54) is 0 Å². The quantitative estimate of drug-likeness (QED) is 0.636. The van der Waals surface area contributed by atoms with Crippen molar-refractivity contribution in [1.82, 2.24) is 10.3 Å². The van der Waals surface area contributed by atoms with Crippen molar-refractivity contribution in [2.45, 2.75) is 6.42 Å². The van der Waals surface area contributed by atoms with Crippen molar-refractivity contribution in [3.8, 4) is 0 Å². The van der Waals surface area contributed by atoms with Crippen LogP contribution < -0.4 is 5.32 Å². The van der Waals surface area contributed by atoms with Crippen LogP contribution in [0.25, 0.3) is 21.7 Å². The van der Waals surface area contributed by atoms with E-state index in [4.69, 9.17) is 5.11 Å². The summed E-state index contributed by atoms with van der Waals surface area (Å²) in [6, 6.07) is 14.0. The topological polar surface area (TPSA) is 65.1 Å². The van der Waals surface area contributed by atoms with E-state index in [1.807, 2.05) is 30.3 Å². The van der Waals surface area contributed by atoms with Crippen molar-refractivity contribution in [3.05, 3.63) is 48.2 Å². The van der Waals surface area contributed by atoms with Gasteiger partial charge in [-0.1, -0.05) is 30.3 Å². The van der Waals surface area contributed by atoms with Gasteiger partial charge in [-0.05, 0) is 29.3 Å². The normalized spacial score (nSPS) is 11.1. The number of aromatic nitrogens is 1. The van der Waals surface area contributed by atoms with Crippen molar-refractivity contribution in [1.29, 1.82) is 0 Å². The maximum Gasteiger partial charge on any atom is 0.267 e. The largest absolute Gasteiger partial charge is 0.396 e. The van der Waals surface area contributed by atoms with Crippen LogP contribution in [0.2, 0.25) is 0 Å². The molecular formula is C16H16N2O2. The molecule has 0 saturated heterocycles. The number of carbonyl (C=O) groups is 1. The third-order valence-electron chi connectivity index (χ3n) is 3.39. The van der Waals surface area contributed by atoms with Crippen molar-refractivity contribution in [3.63, 3.8) is 0 Å². The van der Waals surface area contributed by atoms with Crippen LogP contribution in [-0.2, 0) is 0 Å². The predicted molar refractivity (Wildman–Crippen MR) is 79.8 cm³/mol. The first-order chi connectivity index (χ1) is 9.79. The maximum absolute atomic E-state index is 12.0. The Morgan fingerprint density at radius 1 is 1.15 bits per heavy atom. The molecular weight excluding hydrogens is 252 g/mol. The zero-order chi connectivity index (χ0) is 13.9. The summed E-state index contributed by atoms with van der Waals surface area (Å²) in [5, 5.41) is 14.8. The Morgan fingerprint density at radius 2 is 2.00 bits per heavy atom. The molecule has 0 atom stereocenters. The van der Waals surface area contributed by atoms with Gasteiger partial charge in [0.2, 0.25) is 0 Å². The molecule has 3 aromatic rings. The Labute approximate surface area is 116 Å². The highest BCUT2D eigenvalue weighted by molar-refractivity contribution is 6.09. The van der Waals surface area contributed by atoms with Crippen molar-refractivity contribution in [2.75, 3.05) is 13.2 Å². The van der Waals surface area contributed by atoms with Gasteiger partial charge in [-0.25, -0.2) is 0 Å². The molecule has 2 aromatic carbocycles. The molecule has 1 heterocycles. The van der Waals surface area contributed by atoms with Crippen LogP contribution in [-0.4, -0.2) is 29.1 Å². The highest BCUT2D eigenvalue weighted by atomic mass is 16.3. The lowest BCUT2D eigenvalue weighted by molar-refractivity contribution is 0.0947. The molecule has 0 radical (unpaired) electrons. The standard InChI is InChI=1S/C16H16N2O2/c19-9-3-8-17-16(20)15-10-13-12-5-2-1-4-11(12)6-7-14(13)18-15/h1-2,4-7,10,18-19H,3,8-9H2,(H,17,20). The molecule has 0 fully saturated rings. The average molecular weight is 268 g/mol. The van der Waals surface area contributed by atoms with Crippen LogP contribution in [0.4, 0.5) is 0 Å². The molecule has 0 unspecified atom stereocenters. The fourth-order valence-electron chi connectivity index (χ4n) is 2.38. The average Bonchev–Trinajstić information content (AvgIpc) is 2.92. The lowest BCUT2D eigenvalue weighted by Crippen LogP contribution is -2.25. The first kappa shape index (κ1) is 12.7. The Bertz CT molecular complexity index is 761. The second kappa shape index (κ2) is 5.35. The molecule has 4 heteroatoms. The molecule has 0 bridgehead atoms. The molecule has 1 amide bonds. The summed E-state index contributed by atoms with van der Waals surface area (Å²) < 4.78 is 0. The van der Waals surface area contributed by atoms with E-state index in [9.17, 15) is 4.79 Å². The molecule has 3 rings (SSSR count). The molecule has 0 spiro atoms. The van der Waals surface area contributed by atoms with Gasteiger partial charge in [0.05, 0.1) is 0 Å². The summed E-state index contributed by atoms with van der Waals surface area (Å²) >= 11 is 0. The van der Waals surface area contributed by atoms with E-state index in [-0.39, 0.29) is 12.5 Å². The molecule has 4 nitrogen and oxygen atoms in total. The number of hydrogen-bond acceptors (Lipinski definition) is 2. The number of nitrogens with one attached hydrogen (secondary N) is 2. The van der Waals surface area contributed by atoms with Gasteiger partial charge in [0, 0.05) is 24.1 Å². The Kier molecular flexibility index (Phi) is 3.39. The van der Waals surface area contributed by atoms with E-state index in [2.05, 4.69) is 22.4 Å². The van der Waals surface area contributed by atoms with Gasteiger partial charge < -0.3 is 15.4 Å². The van der Waals surface area contributed by atoms with Gasteiger partial charge in [-0.15, -0.1) is 0 Å². The number of benzene rings is 2. The van der Waals surface area contributed by atoms with Gasteiger partial charge >= 0.3 is 0 Å². The van der Waals surface area contributed by atoms with E-state index < -0.39 is 0 Å². The lowest BCUT2D eigenvalue weighted by Gasteiger charge is -2.00. The SMILES string of the molecule is O=C(NCCCO)c1cc2c(ccc3ccccc32)[nH]1. The number of aliphatic hydroxyl groups is 1. The molecule has 0 saturated carbocycles. The third-order valence-corrected chi connectivity index (χ3v) is 3.39. The van der Waals surface area contributed by atoms with Crippen LogP contribution in [0, 0.1) is 0 Å². The minimum Gasteiger partial charge on any atom is -0.396 e. The summed E-state index contributed by atoms with van der Waals surface area (Å²) in [5.41, 5.74) is 1.50. The summed E-state index contributed by atoms with van der Waals surface area (Å²) in [7, 11) is 0. The fourth-order valence-corrected chi connectivity index (χ4v) is 2.38. The molecule has 102 valence electrons. The van der Waals surface area contributed by atoms with Gasteiger partial charge in [-0.2, -0.15) is 0 Å². The van der Waals surface area contributed by atoms with E-state index >= 15 is 0 Å². The summed E-state index contributed by atoms with van der Waals surface area (Å²) in [4.78, 5) is 15.1. The predicted octanol–water partition coefficient (Wildman–Crippen LogP) is 2.43. The number of aromatic amines is 1. The number of hydrogen-bond donors (Lipinski definition) is 3. The van der Waals surface area contributed by atoms with Gasteiger partial charge in [0.15, 0.2) is 0 Å². The van der Waals surface area contributed by atoms with Gasteiger partial charge in [0.25, 0.3) is 5.91 Å². The highest BCUT2D eigenvalue weighted by Crippen LogP contribution is 2.25. The van der Waals surface area contributed by atoms with Crippen LogP contribution >= 0.6 is 0 Å². The molecule has 1 aromatic heterocycles. The Hall–Kier alpha value is -2.33. The summed E-state index contributed by atoms with van der Waals surface area (Å²) in [5.74, 6) is -0.140. The van der Waals surface area contributed by atoms with Crippen LogP contribution in [0.5, 0.6) is 0 Å². The molecule has 0 aliphatic heterocycles. The van der Waals surface area contributed by atoms with Gasteiger partial charge in [-0.3, -0.25) is 4.79 Å². The molecule has 20 heavy (non-hydrogen) atoms. The second-order valence-corrected chi connectivity index (χ2v) is 4.76. The summed E-state index contributed by atoms with van der Waals surface area (Å²) in [6.07, 6.45) is 0.564. The lowest BCUT2D eigenvalue weighted by atomic mass is 10.1. The number of amides is 1. The van der Waals surface area contributed by atoms with E-state index in [0.717, 1.165) is 21.7 Å². The van der Waals surface area contributed by atoms with Crippen LogP contribution in [0.1, 0.15) is 16.9 Å². The number of H-pyrrole nitrogens is 1. The number of carbonyl (C=O) groups excluding carboxylic acids is 1. The van der Waals surface area contributed by atoms with E-state index in [0.29, 0.717) is 18.7 Å². The smallest absolute Gasteiger partial charge is 0.267 e. The first-order valence-electron chi connectivity index (χ1n) is 6.69. The number of fused-ring (bicyclic) bond motifs is 3. The highest BCUT2D eigenvalue weighted by Gasteiger charge is 2.10. The van der Waals surface area contributed by atoms with Crippen molar-refractivity contribution in [2.24, 2.45) is 0 Å². The van der Waals surface area contributed by atoms with Crippen LogP contribution in [0.3, 0.4) is 0 Å². The zero-order valence-corrected chi connectivity index (χ0v) is 11.0. The van der Waals surface area contributed by atoms with Crippen LogP contribution in [0.15, 0.2) is 42.5 Å². The van der Waals surface area contributed by atoms with Crippen molar-refractivity contribution < 1.29 is 9.90 Å². The first-order valence-corrected chi connectivity index (χ1v) is 6.69. The van der Waals surface area contributed by atoms with Gasteiger partial charge in [0.1, 0.15) is 5.69 Å². The fraction of sp³-hybridized carbons (Fsp3) is 0.188. The maximum atomic E-state index is 12.0.